The van der Waals surface area contributed by atoms with Gasteiger partial charge in [-0.3, -0.25) is 4.79 Å². The van der Waals surface area contributed by atoms with E-state index in [-0.39, 0.29) is 12.5 Å². The van der Waals surface area contributed by atoms with Crippen LogP contribution < -0.4 is 10.1 Å². The minimum Gasteiger partial charge on any atom is -0.489 e. The van der Waals surface area contributed by atoms with E-state index in [1.807, 2.05) is 36.4 Å². The van der Waals surface area contributed by atoms with Gasteiger partial charge < -0.3 is 15.2 Å². The molecule has 0 aromatic heterocycles. The number of carboxylic acids is 1. The number of aliphatic carboxylic acids is 1. The number of hydrogen-bond acceptors (Lipinski definition) is 3. The molecule has 0 spiro atoms. The summed E-state index contributed by atoms with van der Waals surface area (Å²) in [6.07, 6.45) is 0.0618. The van der Waals surface area contributed by atoms with E-state index in [2.05, 4.69) is 5.32 Å². The summed E-state index contributed by atoms with van der Waals surface area (Å²) in [5, 5.41) is 14.2. The number of rotatable bonds is 2. The summed E-state index contributed by atoms with van der Waals surface area (Å²) in [5.74, 6) is -0.00456. The zero-order chi connectivity index (χ0) is 12.5. The molecule has 1 heterocycles. The van der Waals surface area contributed by atoms with E-state index < -0.39 is 5.97 Å². The number of ether oxygens (including phenoxy) is 1. The highest BCUT2D eigenvalue weighted by atomic mass is 16.5. The lowest BCUT2D eigenvalue weighted by Crippen LogP contribution is -2.33. The summed E-state index contributed by atoms with van der Waals surface area (Å²) in [5.41, 5.74) is 0.867. The van der Waals surface area contributed by atoms with Crippen molar-refractivity contribution in [3.63, 3.8) is 0 Å². The van der Waals surface area contributed by atoms with Gasteiger partial charge in [-0.2, -0.15) is 0 Å². The van der Waals surface area contributed by atoms with Crippen LogP contribution in [0.1, 0.15) is 6.42 Å². The highest BCUT2D eigenvalue weighted by Crippen LogP contribution is 2.36. The summed E-state index contributed by atoms with van der Waals surface area (Å²) in [6, 6.07) is 11.8. The molecule has 1 atom stereocenters. The van der Waals surface area contributed by atoms with Gasteiger partial charge in [0.15, 0.2) is 0 Å². The Hall–Kier alpha value is -2.23. The Bertz CT molecular complexity index is 609. The molecular formula is C14H13NO3. The van der Waals surface area contributed by atoms with Crippen LogP contribution in [-0.4, -0.2) is 23.7 Å². The minimum atomic E-state index is -0.819. The van der Waals surface area contributed by atoms with Crippen LogP contribution in [0.3, 0.4) is 0 Å². The lowest BCUT2D eigenvalue weighted by Gasteiger charge is -2.27. The molecule has 3 rings (SSSR count). The third-order valence-corrected chi connectivity index (χ3v) is 3.09. The molecule has 92 valence electrons. The molecule has 1 aliphatic rings. The van der Waals surface area contributed by atoms with E-state index in [0.29, 0.717) is 6.61 Å². The molecule has 4 nitrogen and oxygen atoms in total. The Morgan fingerprint density at radius 2 is 2.17 bits per heavy atom. The van der Waals surface area contributed by atoms with E-state index in [1.54, 1.807) is 0 Å². The molecule has 0 bridgehead atoms. The van der Waals surface area contributed by atoms with Gasteiger partial charge in [-0.25, -0.2) is 0 Å². The first-order valence-electron chi connectivity index (χ1n) is 5.87. The van der Waals surface area contributed by atoms with Crippen molar-refractivity contribution in [2.45, 2.75) is 12.5 Å². The summed E-state index contributed by atoms with van der Waals surface area (Å²) in [4.78, 5) is 10.7. The van der Waals surface area contributed by atoms with Gasteiger partial charge >= 0.3 is 5.97 Å². The van der Waals surface area contributed by atoms with E-state index >= 15 is 0 Å². The first kappa shape index (κ1) is 10.9. The summed E-state index contributed by atoms with van der Waals surface area (Å²) < 4.78 is 5.72. The Kier molecular flexibility index (Phi) is 2.55. The SMILES string of the molecule is O=C(O)CC1COc2c(ccc3ccccc23)N1. The highest BCUT2D eigenvalue weighted by molar-refractivity contribution is 5.93. The highest BCUT2D eigenvalue weighted by Gasteiger charge is 2.22. The number of carboxylic acid groups (broad SMARTS) is 1. The summed E-state index contributed by atoms with van der Waals surface area (Å²) >= 11 is 0. The fourth-order valence-electron chi connectivity index (χ4n) is 2.28. The quantitative estimate of drug-likeness (QED) is 0.850. The average Bonchev–Trinajstić information content (AvgIpc) is 2.37. The number of carbonyl (C=O) groups is 1. The van der Waals surface area contributed by atoms with Crippen LogP contribution in [0.5, 0.6) is 5.75 Å². The van der Waals surface area contributed by atoms with Gasteiger partial charge in [-0.1, -0.05) is 30.3 Å². The van der Waals surface area contributed by atoms with Crippen molar-refractivity contribution in [2.75, 3.05) is 11.9 Å². The van der Waals surface area contributed by atoms with Crippen LogP contribution in [0.25, 0.3) is 10.8 Å². The predicted octanol–water partition coefficient (Wildman–Crippen LogP) is 2.49. The molecule has 2 aromatic carbocycles. The summed E-state index contributed by atoms with van der Waals surface area (Å²) in [6.45, 7) is 0.382. The predicted molar refractivity (Wildman–Crippen MR) is 69.1 cm³/mol. The van der Waals surface area contributed by atoms with Crippen molar-refractivity contribution in [2.24, 2.45) is 0 Å². The maximum absolute atomic E-state index is 10.7. The molecule has 2 aromatic rings. The Morgan fingerprint density at radius 1 is 1.33 bits per heavy atom. The van der Waals surface area contributed by atoms with Gasteiger partial charge in [-0.15, -0.1) is 0 Å². The molecule has 0 aliphatic carbocycles. The minimum absolute atomic E-state index is 0.0618. The lowest BCUT2D eigenvalue weighted by molar-refractivity contribution is -0.137. The van der Waals surface area contributed by atoms with Crippen molar-refractivity contribution in [1.29, 1.82) is 0 Å². The molecule has 1 unspecified atom stereocenters. The van der Waals surface area contributed by atoms with Gasteiger partial charge in [0, 0.05) is 5.39 Å². The fraction of sp³-hybridized carbons (Fsp3) is 0.214. The second kappa shape index (κ2) is 4.22. The zero-order valence-electron chi connectivity index (χ0n) is 9.72. The van der Waals surface area contributed by atoms with Crippen LogP contribution in [0, 0.1) is 0 Å². The molecule has 0 saturated heterocycles. The molecule has 0 fully saturated rings. The lowest BCUT2D eigenvalue weighted by atomic mass is 10.1. The van der Waals surface area contributed by atoms with Crippen LogP contribution >= 0.6 is 0 Å². The number of anilines is 1. The van der Waals surface area contributed by atoms with Gasteiger partial charge in [0.1, 0.15) is 12.4 Å². The third-order valence-electron chi connectivity index (χ3n) is 3.09. The first-order chi connectivity index (χ1) is 8.74. The Labute approximate surface area is 104 Å². The van der Waals surface area contributed by atoms with Crippen LogP contribution in [-0.2, 0) is 4.79 Å². The Balaban J connectivity index is 1.98. The molecule has 1 aliphatic heterocycles. The van der Waals surface area contributed by atoms with Crippen molar-refractivity contribution in [3.8, 4) is 5.75 Å². The van der Waals surface area contributed by atoms with Gasteiger partial charge in [0.2, 0.25) is 0 Å². The largest absolute Gasteiger partial charge is 0.489 e. The molecule has 4 heteroatoms. The van der Waals surface area contributed by atoms with Crippen LogP contribution in [0.2, 0.25) is 0 Å². The second-order valence-corrected chi connectivity index (χ2v) is 4.41. The standard InChI is InChI=1S/C14H13NO3/c16-13(17)7-10-8-18-14-11-4-2-1-3-9(11)5-6-12(14)15-10/h1-6,10,15H,7-8H2,(H,16,17). The van der Waals surface area contributed by atoms with E-state index in [0.717, 1.165) is 22.2 Å². The second-order valence-electron chi connectivity index (χ2n) is 4.41. The number of hydrogen-bond donors (Lipinski definition) is 2. The van der Waals surface area contributed by atoms with Crippen LogP contribution in [0.15, 0.2) is 36.4 Å². The number of fused-ring (bicyclic) bond motifs is 3. The third kappa shape index (κ3) is 1.86. The monoisotopic (exact) mass is 243 g/mol. The van der Waals surface area contributed by atoms with Gasteiger partial charge in [0.25, 0.3) is 0 Å². The van der Waals surface area contributed by atoms with E-state index in [4.69, 9.17) is 9.84 Å². The fourth-order valence-corrected chi connectivity index (χ4v) is 2.28. The van der Waals surface area contributed by atoms with Crippen molar-refractivity contribution >= 4 is 22.4 Å². The molecule has 18 heavy (non-hydrogen) atoms. The van der Waals surface area contributed by atoms with Gasteiger partial charge in [-0.05, 0) is 11.5 Å². The molecule has 0 saturated carbocycles. The van der Waals surface area contributed by atoms with Crippen LogP contribution in [0.4, 0.5) is 5.69 Å². The number of benzene rings is 2. The average molecular weight is 243 g/mol. The maximum Gasteiger partial charge on any atom is 0.305 e. The first-order valence-corrected chi connectivity index (χ1v) is 5.87. The van der Waals surface area contributed by atoms with E-state index in [1.165, 1.54) is 0 Å². The normalized spacial score (nSPS) is 17.7. The van der Waals surface area contributed by atoms with E-state index in [9.17, 15) is 4.79 Å². The van der Waals surface area contributed by atoms with Gasteiger partial charge in [0.05, 0.1) is 18.2 Å². The van der Waals surface area contributed by atoms with Crippen molar-refractivity contribution < 1.29 is 14.6 Å². The molecule has 0 radical (unpaired) electrons. The zero-order valence-corrected chi connectivity index (χ0v) is 9.72. The molecular weight excluding hydrogens is 230 g/mol. The molecule has 2 N–H and O–H groups in total. The maximum atomic E-state index is 10.7. The number of nitrogens with one attached hydrogen (secondary N) is 1. The van der Waals surface area contributed by atoms with Crippen molar-refractivity contribution in [3.05, 3.63) is 36.4 Å². The molecule has 0 amide bonds. The Morgan fingerprint density at radius 3 is 3.00 bits per heavy atom. The van der Waals surface area contributed by atoms with Crippen molar-refractivity contribution in [1.82, 2.24) is 0 Å². The topological polar surface area (TPSA) is 58.6 Å². The summed E-state index contributed by atoms with van der Waals surface area (Å²) in [7, 11) is 0. The smallest absolute Gasteiger partial charge is 0.305 e.